The highest BCUT2D eigenvalue weighted by molar-refractivity contribution is 7.92. The number of halogens is 3. The lowest BCUT2D eigenvalue weighted by Gasteiger charge is -2.33. The van der Waals surface area contributed by atoms with Gasteiger partial charge in [0, 0.05) is 28.2 Å². The third-order valence-electron chi connectivity index (χ3n) is 6.75. The van der Waals surface area contributed by atoms with Crippen LogP contribution in [0.5, 0.6) is 0 Å². The van der Waals surface area contributed by atoms with Crippen LogP contribution in [0.25, 0.3) is 0 Å². The first-order chi connectivity index (χ1) is 19.4. The van der Waals surface area contributed by atoms with Crippen molar-refractivity contribution < 1.29 is 18.0 Å². The van der Waals surface area contributed by atoms with Gasteiger partial charge < -0.3 is 10.2 Å². The van der Waals surface area contributed by atoms with Crippen LogP contribution in [0.4, 0.5) is 5.69 Å². The minimum Gasteiger partial charge on any atom is -0.354 e. The molecule has 2 amide bonds. The van der Waals surface area contributed by atoms with E-state index in [2.05, 4.69) is 5.32 Å². The van der Waals surface area contributed by atoms with Gasteiger partial charge in [-0.3, -0.25) is 13.9 Å². The summed E-state index contributed by atoms with van der Waals surface area (Å²) in [6.07, 6.45) is 1.03. The van der Waals surface area contributed by atoms with Crippen molar-refractivity contribution in [2.24, 2.45) is 0 Å². The Morgan fingerprint density at radius 2 is 1.54 bits per heavy atom. The van der Waals surface area contributed by atoms with E-state index in [0.717, 1.165) is 21.9 Å². The Kier molecular flexibility index (Phi) is 11.5. The molecule has 41 heavy (non-hydrogen) atoms. The van der Waals surface area contributed by atoms with Gasteiger partial charge in [-0.25, -0.2) is 8.42 Å². The first-order valence-corrected chi connectivity index (χ1v) is 15.8. The van der Waals surface area contributed by atoms with Gasteiger partial charge in [0.05, 0.1) is 10.6 Å². The third-order valence-corrected chi connectivity index (χ3v) is 9.38. The fraction of sp³-hybridized carbons (Fsp3) is 0.333. The van der Waals surface area contributed by atoms with Crippen LogP contribution < -0.4 is 9.62 Å². The first-order valence-electron chi connectivity index (χ1n) is 13.3. The van der Waals surface area contributed by atoms with E-state index in [1.807, 2.05) is 20.8 Å². The average Bonchev–Trinajstić information content (AvgIpc) is 2.93. The number of nitrogens with zero attached hydrogens (tertiary/aromatic N) is 2. The van der Waals surface area contributed by atoms with Crippen molar-refractivity contribution in [1.29, 1.82) is 0 Å². The summed E-state index contributed by atoms with van der Waals surface area (Å²) in [5.41, 5.74) is 2.73. The van der Waals surface area contributed by atoms with Gasteiger partial charge in [0.25, 0.3) is 10.0 Å². The summed E-state index contributed by atoms with van der Waals surface area (Å²) in [4.78, 5) is 28.7. The molecule has 0 radical (unpaired) electrons. The van der Waals surface area contributed by atoms with Crippen LogP contribution in [0, 0.1) is 13.8 Å². The number of aryl methyl sites for hydroxylation is 2. The Bertz CT molecular complexity index is 1500. The number of amides is 2. The molecule has 0 aliphatic carbocycles. The summed E-state index contributed by atoms with van der Waals surface area (Å²) in [7, 11) is -4.20. The second-order valence-electron chi connectivity index (χ2n) is 9.71. The number of anilines is 1. The second kappa shape index (κ2) is 14.4. The van der Waals surface area contributed by atoms with Gasteiger partial charge in [0.15, 0.2) is 0 Å². The maximum absolute atomic E-state index is 14.1. The normalized spacial score (nSPS) is 12.1. The molecule has 3 rings (SSSR count). The fourth-order valence-corrected chi connectivity index (χ4v) is 6.26. The molecule has 0 saturated heterocycles. The molecule has 3 aromatic rings. The molecule has 7 nitrogen and oxygen atoms in total. The third kappa shape index (κ3) is 8.16. The summed E-state index contributed by atoms with van der Waals surface area (Å²) in [5.74, 6) is -0.892. The number of nitrogens with one attached hydrogen (secondary N) is 1. The highest BCUT2D eigenvalue weighted by Gasteiger charge is 2.34. The number of carbonyl (C=O) groups is 2. The zero-order chi connectivity index (χ0) is 30.3. The predicted octanol–water partition coefficient (Wildman–Crippen LogP) is 6.79. The molecule has 0 aliphatic rings. The van der Waals surface area contributed by atoms with Gasteiger partial charge in [0.1, 0.15) is 12.6 Å². The molecule has 0 bridgehead atoms. The lowest BCUT2D eigenvalue weighted by Crippen LogP contribution is -2.52. The van der Waals surface area contributed by atoms with Gasteiger partial charge in [-0.2, -0.15) is 0 Å². The summed E-state index contributed by atoms with van der Waals surface area (Å²) in [6.45, 7) is 7.39. The topological polar surface area (TPSA) is 86.8 Å². The van der Waals surface area contributed by atoms with Crippen LogP contribution in [0.2, 0.25) is 15.1 Å². The van der Waals surface area contributed by atoms with E-state index < -0.39 is 28.5 Å². The number of hydrogen-bond donors (Lipinski definition) is 1. The monoisotopic (exact) mass is 637 g/mol. The number of sulfonamides is 1. The molecular formula is C30H34Cl3N3O4S. The summed E-state index contributed by atoms with van der Waals surface area (Å²) < 4.78 is 29.0. The van der Waals surface area contributed by atoms with E-state index in [1.54, 1.807) is 43.3 Å². The molecule has 1 unspecified atom stereocenters. The predicted molar refractivity (Wildman–Crippen MR) is 166 cm³/mol. The maximum atomic E-state index is 14.1. The quantitative estimate of drug-likeness (QED) is 0.237. The molecule has 220 valence electrons. The lowest BCUT2D eigenvalue weighted by atomic mass is 10.1. The zero-order valence-corrected chi connectivity index (χ0v) is 26.5. The van der Waals surface area contributed by atoms with E-state index in [0.29, 0.717) is 39.3 Å². The Hall–Kier alpha value is -2.78. The van der Waals surface area contributed by atoms with Crippen molar-refractivity contribution in [3.05, 3.63) is 92.4 Å². The SMILES string of the molecule is CCCNC(=O)C(CC)N(Cc1ccc(Cl)cc1Cl)C(=O)CN(c1ccc(C)c(C)c1)S(=O)(=O)c1ccc(Cl)cc1. The van der Waals surface area contributed by atoms with Crippen LogP contribution in [0.3, 0.4) is 0 Å². The van der Waals surface area contributed by atoms with Crippen molar-refractivity contribution in [1.82, 2.24) is 10.2 Å². The Balaban J connectivity index is 2.10. The Morgan fingerprint density at radius 3 is 2.12 bits per heavy atom. The smallest absolute Gasteiger partial charge is 0.264 e. The van der Waals surface area contributed by atoms with Crippen molar-refractivity contribution in [3.8, 4) is 0 Å². The van der Waals surface area contributed by atoms with E-state index in [1.165, 1.54) is 29.2 Å². The first kappa shape index (κ1) is 32.7. The number of hydrogen-bond acceptors (Lipinski definition) is 4. The fourth-order valence-electron chi connectivity index (χ4n) is 4.26. The van der Waals surface area contributed by atoms with Crippen molar-refractivity contribution in [2.45, 2.75) is 58.0 Å². The molecule has 0 aliphatic heterocycles. The zero-order valence-electron chi connectivity index (χ0n) is 23.5. The van der Waals surface area contributed by atoms with Crippen LogP contribution in [-0.4, -0.2) is 44.3 Å². The minimum absolute atomic E-state index is 0.0192. The van der Waals surface area contributed by atoms with Crippen LogP contribution >= 0.6 is 34.8 Å². The highest BCUT2D eigenvalue weighted by Crippen LogP contribution is 2.28. The van der Waals surface area contributed by atoms with Crippen LogP contribution in [-0.2, 0) is 26.2 Å². The molecule has 11 heteroatoms. The minimum atomic E-state index is -4.20. The molecule has 0 spiro atoms. The van der Waals surface area contributed by atoms with Crippen molar-refractivity contribution >= 4 is 62.3 Å². The van der Waals surface area contributed by atoms with Gasteiger partial charge in [0.2, 0.25) is 11.8 Å². The molecule has 0 fully saturated rings. The largest absolute Gasteiger partial charge is 0.354 e. The van der Waals surface area contributed by atoms with Crippen molar-refractivity contribution in [2.75, 3.05) is 17.4 Å². The molecule has 1 N–H and O–H groups in total. The molecule has 3 aromatic carbocycles. The second-order valence-corrected chi connectivity index (χ2v) is 12.8. The summed E-state index contributed by atoms with van der Waals surface area (Å²) >= 11 is 18.5. The Morgan fingerprint density at radius 1 is 0.878 bits per heavy atom. The number of rotatable bonds is 12. The molecule has 0 aromatic heterocycles. The Labute approximate surface area is 257 Å². The summed E-state index contributed by atoms with van der Waals surface area (Å²) in [5, 5.41) is 4.00. The molecular weight excluding hydrogens is 605 g/mol. The molecule has 1 atom stereocenters. The van der Waals surface area contributed by atoms with Gasteiger partial charge in [-0.05, 0) is 91.9 Å². The van der Waals surface area contributed by atoms with E-state index in [9.17, 15) is 18.0 Å². The highest BCUT2D eigenvalue weighted by atomic mass is 35.5. The number of benzene rings is 3. The van der Waals surface area contributed by atoms with Gasteiger partial charge >= 0.3 is 0 Å². The maximum Gasteiger partial charge on any atom is 0.264 e. The number of carbonyl (C=O) groups excluding carboxylic acids is 2. The van der Waals surface area contributed by atoms with Crippen LogP contribution in [0.1, 0.15) is 43.4 Å². The lowest BCUT2D eigenvalue weighted by molar-refractivity contribution is -0.140. The molecule has 0 heterocycles. The van der Waals surface area contributed by atoms with Gasteiger partial charge in [-0.15, -0.1) is 0 Å². The summed E-state index contributed by atoms with van der Waals surface area (Å²) in [6, 6.07) is 15.0. The van der Waals surface area contributed by atoms with Gasteiger partial charge in [-0.1, -0.05) is 60.8 Å². The van der Waals surface area contributed by atoms with E-state index in [-0.39, 0.29) is 17.3 Å². The van der Waals surface area contributed by atoms with Crippen LogP contribution in [0.15, 0.2) is 65.6 Å². The average molecular weight is 639 g/mol. The standard InChI is InChI=1S/C30H34Cl3N3O4S/c1-5-15-34-30(38)28(6-2)35(18-22-8-9-24(32)17-27(22)33)29(37)19-36(25-12-7-20(3)21(4)16-25)41(39,40)26-13-10-23(31)11-14-26/h7-14,16-17,28H,5-6,15,18-19H2,1-4H3,(H,34,38). The van der Waals surface area contributed by atoms with E-state index >= 15 is 0 Å². The van der Waals surface area contributed by atoms with Crippen molar-refractivity contribution in [3.63, 3.8) is 0 Å². The van der Waals surface area contributed by atoms with E-state index in [4.69, 9.17) is 34.8 Å². The molecule has 0 saturated carbocycles.